The quantitative estimate of drug-likeness (QED) is 0.144. The van der Waals surface area contributed by atoms with Crippen molar-refractivity contribution in [1.82, 2.24) is 19.9 Å². The molecule has 6 aromatic carbocycles. The Morgan fingerprint density at radius 1 is 0.375 bits per heavy atom. The van der Waals surface area contributed by atoms with Gasteiger partial charge in [-0.05, 0) is 51.2 Å². The first kappa shape index (κ1) is 27.1. The normalized spacial score (nSPS) is 12.2. The lowest BCUT2D eigenvalue weighted by Crippen LogP contribution is -2.29. The van der Waals surface area contributed by atoms with Gasteiger partial charge in [0.2, 0.25) is 7.14 Å². The Balaban J connectivity index is 1.38. The lowest BCUT2D eigenvalue weighted by Gasteiger charge is -2.22. The summed E-state index contributed by atoms with van der Waals surface area (Å²) in [7, 11) is -3.75. The average Bonchev–Trinajstić information content (AvgIpc) is 3.17. The molecule has 0 N–H and O–H groups in total. The van der Waals surface area contributed by atoms with Gasteiger partial charge in [0.05, 0.1) is 22.1 Å². The summed E-state index contributed by atoms with van der Waals surface area (Å²) in [6.07, 6.45) is 3.56. The standard InChI is InChI=1S/C42H25N4OP/c47-48(36-22-20-28-18-16-26-8-6-24-43-39(26)41(28)45-36,37-23-21-29-19-17-27-9-7-25-44-40(27)42(29)46-37)35-15-5-14-34-32-11-2-1-10-30(32)31-12-3-4-13-33(31)38(34)35/h1-25H. The van der Waals surface area contributed by atoms with E-state index in [0.29, 0.717) is 27.2 Å². The van der Waals surface area contributed by atoms with E-state index in [0.717, 1.165) is 64.9 Å². The van der Waals surface area contributed by atoms with Crippen molar-refractivity contribution in [3.63, 3.8) is 0 Å². The minimum atomic E-state index is -3.75. The number of hydrogen-bond donors (Lipinski definition) is 0. The first-order chi connectivity index (χ1) is 23.7. The average molecular weight is 633 g/mol. The van der Waals surface area contributed by atoms with Gasteiger partial charge >= 0.3 is 0 Å². The third kappa shape index (κ3) is 3.83. The molecule has 48 heavy (non-hydrogen) atoms. The van der Waals surface area contributed by atoms with E-state index in [4.69, 9.17) is 19.9 Å². The Morgan fingerprint density at radius 2 is 0.792 bits per heavy atom. The summed E-state index contributed by atoms with van der Waals surface area (Å²) in [5.74, 6) is 0. The van der Waals surface area contributed by atoms with Crippen LogP contribution in [0, 0.1) is 0 Å². The molecule has 0 aliphatic heterocycles. The molecule has 10 aromatic rings. The van der Waals surface area contributed by atoms with Crippen LogP contribution < -0.4 is 16.2 Å². The van der Waals surface area contributed by atoms with E-state index in [1.807, 2.05) is 72.8 Å². The van der Waals surface area contributed by atoms with E-state index in [9.17, 15) is 0 Å². The number of rotatable bonds is 3. The molecule has 0 aliphatic rings. The molecular formula is C42H25N4OP. The van der Waals surface area contributed by atoms with Crippen LogP contribution in [0.15, 0.2) is 152 Å². The van der Waals surface area contributed by atoms with Crippen LogP contribution in [0.1, 0.15) is 0 Å². The van der Waals surface area contributed by atoms with E-state index in [1.54, 1.807) is 12.4 Å². The first-order valence-corrected chi connectivity index (χ1v) is 17.6. The highest BCUT2D eigenvalue weighted by Crippen LogP contribution is 2.47. The number of nitrogens with zero attached hydrogens (tertiary/aromatic N) is 4. The van der Waals surface area contributed by atoms with Crippen LogP contribution in [0.3, 0.4) is 0 Å². The van der Waals surface area contributed by atoms with E-state index in [1.165, 1.54) is 0 Å². The van der Waals surface area contributed by atoms with Gasteiger partial charge in [0.1, 0.15) is 10.9 Å². The van der Waals surface area contributed by atoms with Crippen molar-refractivity contribution in [1.29, 1.82) is 0 Å². The van der Waals surface area contributed by atoms with Crippen LogP contribution in [0.25, 0.3) is 75.9 Å². The SMILES string of the molecule is O=P(c1ccc2ccc3cccnc3c2n1)(c1ccc2ccc3cccnc3c2n1)c1cccc2c3ccccc3c3ccccc3c12. The minimum absolute atomic E-state index is 0.470. The molecule has 5 nitrogen and oxygen atoms in total. The van der Waals surface area contributed by atoms with Crippen LogP contribution in [0.5, 0.6) is 0 Å². The van der Waals surface area contributed by atoms with Gasteiger partial charge in [0.15, 0.2) is 0 Å². The second-order valence-electron chi connectivity index (χ2n) is 12.2. The maximum absolute atomic E-state index is 16.6. The molecule has 0 aliphatic carbocycles. The van der Waals surface area contributed by atoms with E-state index in [-0.39, 0.29) is 0 Å². The van der Waals surface area contributed by atoms with Gasteiger partial charge in [-0.2, -0.15) is 0 Å². The number of hydrogen-bond acceptors (Lipinski definition) is 5. The molecule has 0 radical (unpaired) electrons. The Labute approximate surface area is 274 Å². The highest BCUT2D eigenvalue weighted by molar-refractivity contribution is 7.85. The summed E-state index contributed by atoms with van der Waals surface area (Å²) < 4.78 is 16.6. The molecule has 0 unspecified atom stereocenters. The fourth-order valence-corrected chi connectivity index (χ4v) is 9.97. The molecule has 224 valence electrons. The van der Waals surface area contributed by atoms with Gasteiger partial charge in [-0.3, -0.25) is 9.97 Å². The summed E-state index contributed by atoms with van der Waals surface area (Å²) in [6, 6.07) is 46.9. The molecular weight excluding hydrogens is 607 g/mol. The Bertz CT molecular complexity index is 2840. The van der Waals surface area contributed by atoms with Gasteiger partial charge in [0.25, 0.3) is 0 Å². The topological polar surface area (TPSA) is 68.6 Å². The largest absolute Gasteiger partial charge is 0.305 e. The van der Waals surface area contributed by atoms with Crippen LogP contribution in [0.2, 0.25) is 0 Å². The van der Waals surface area contributed by atoms with E-state index < -0.39 is 7.14 Å². The van der Waals surface area contributed by atoms with Crippen molar-refractivity contribution in [3.8, 4) is 0 Å². The predicted octanol–water partition coefficient (Wildman–Crippen LogP) is 8.98. The molecule has 10 rings (SSSR count). The number of benzene rings is 6. The highest BCUT2D eigenvalue weighted by atomic mass is 31.2. The summed E-state index contributed by atoms with van der Waals surface area (Å²) in [4.78, 5) is 19.9. The van der Waals surface area contributed by atoms with Crippen LogP contribution in [-0.4, -0.2) is 19.9 Å². The second-order valence-corrected chi connectivity index (χ2v) is 14.8. The van der Waals surface area contributed by atoms with Crippen molar-refractivity contribution in [2.75, 3.05) is 0 Å². The molecule has 0 saturated carbocycles. The summed E-state index contributed by atoms with van der Waals surface area (Å²) >= 11 is 0. The molecule has 0 bridgehead atoms. The van der Waals surface area contributed by atoms with Crippen molar-refractivity contribution >= 4 is 99.2 Å². The third-order valence-electron chi connectivity index (χ3n) is 9.57. The van der Waals surface area contributed by atoms with Crippen molar-refractivity contribution in [2.24, 2.45) is 0 Å². The zero-order valence-electron chi connectivity index (χ0n) is 25.6. The molecule has 4 aromatic heterocycles. The van der Waals surface area contributed by atoms with E-state index >= 15 is 4.57 Å². The molecule has 0 fully saturated rings. The van der Waals surface area contributed by atoms with Crippen LogP contribution in [0.4, 0.5) is 0 Å². The predicted molar refractivity (Wildman–Crippen MR) is 200 cm³/mol. The number of pyridine rings is 4. The van der Waals surface area contributed by atoms with Gasteiger partial charge < -0.3 is 4.57 Å². The van der Waals surface area contributed by atoms with Crippen molar-refractivity contribution < 1.29 is 4.57 Å². The molecule has 6 heteroatoms. The third-order valence-corrected chi connectivity index (χ3v) is 12.4. The molecule has 4 heterocycles. The highest BCUT2D eigenvalue weighted by Gasteiger charge is 2.36. The van der Waals surface area contributed by atoms with Crippen LogP contribution >= 0.6 is 7.14 Å². The minimum Gasteiger partial charge on any atom is -0.305 e. The molecule has 0 atom stereocenters. The fourth-order valence-electron chi connectivity index (χ4n) is 7.34. The maximum Gasteiger partial charge on any atom is 0.206 e. The van der Waals surface area contributed by atoms with E-state index in [2.05, 4.69) is 66.7 Å². The number of aromatic nitrogens is 4. The second kappa shape index (κ2) is 10.2. The Morgan fingerprint density at radius 3 is 1.31 bits per heavy atom. The van der Waals surface area contributed by atoms with Gasteiger partial charge in [-0.1, -0.05) is 115 Å². The first-order valence-electron chi connectivity index (χ1n) is 15.9. The van der Waals surface area contributed by atoms with Crippen molar-refractivity contribution in [3.05, 3.63) is 152 Å². The zero-order valence-corrected chi connectivity index (χ0v) is 26.5. The summed E-state index contributed by atoms with van der Waals surface area (Å²) in [5, 5.41) is 11.0. The Kier molecular flexibility index (Phi) is 5.78. The summed E-state index contributed by atoms with van der Waals surface area (Å²) in [6.45, 7) is 0. The monoisotopic (exact) mass is 632 g/mol. The fraction of sp³-hybridized carbons (Fsp3) is 0. The van der Waals surface area contributed by atoms with Crippen molar-refractivity contribution in [2.45, 2.75) is 0 Å². The Hall–Kier alpha value is -6.03. The molecule has 0 spiro atoms. The molecule has 0 saturated heterocycles. The van der Waals surface area contributed by atoms with Gasteiger partial charge in [-0.25, -0.2) is 9.97 Å². The van der Waals surface area contributed by atoms with Gasteiger partial charge in [0, 0.05) is 44.6 Å². The molecule has 0 amide bonds. The number of fused-ring (bicyclic) bond motifs is 12. The zero-order chi connectivity index (χ0) is 31.8. The smallest absolute Gasteiger partial charge is 0.206 e. The maximum atomic E-state index is 16.6. The lowest BCUT2D eigenvalue weighted by atomic mass is 9.94. The summed E-state index contributed by atoms with van der Waals surface area (Å²) in [5.41, 5.74) is 3.93. The van der Waals surface area contributed by atoms with Gasteiger partial charge in [-0.15, -0.1) is 0 Å². The van der Waals surface area contributed by atoms with Crippen LogP contribution in [-0.2, 0) is 4.57 Å². The lowest BCUT2D eigenvalue weighted by molar-refractivity contribution is 0.591.